The first-order valence-electron chi connectivity index (χ1n) is 12.0. The van der Waals surface area contributed by atoms with Crippen LogP contribution in [0.4, 0.5) is 0 Å². The lowest BCUT2D eigenvalue weighted by atomic mass is 10.1. The maximum atomic E-state index is 11.9. The summed E-state index contributed by atoms with van der Waals surface area (Å²) in [7, 11) is 2.88. The van der Waals surface area contributed by atoms with Gasteiger partial charge in [0.15, 0.2) is 6.10 Å². The number of fused-ring (bicyclic) bond motifs is 1. The SMILES string of the molecule is CCOC(Cc1ccc(OCCn2ccc3ccc(/C(=N/OC)c4ccncc4)nc32)cc1)C(=O)OC. The van der Waals surface area contributed by atoms with Crippen LogP contribution < -0.4 is 4.74 Å². The molecule has 37 heavy (non-hydrogen) atoms. The maximum Gasteiger partial charge on any atom is 0.335 e. The molecular weight excluding hydrogens is 472 g/mol. The van der Waals surface area contributed by atoms with Crippen LogP contribution in [0.5, 0.6) is 5.75 Å². The van der Waals surface area contributed by atoms with E-state index in [2.05, 4.69) is 10.1 Å². The highest BCUT2D eigenvalue weighted by molar-refractivity contribution is 6.12. The summed E-state index contributed by atoms with van der Waals surface area (Å²) in [6.45, 7) is 3.37. The number of esters is 1. The number of benzene rings is 1. The standard InChI is InChI=1S/C28H30N4O5/c1-4-36-25(28(33)34-2)19-20-5-8-23(9-6-20)37-18-17-32-16-13-22-7-10-24(30-27(22)32)26(31-35-3)21-11-14-29-15-12-21/h5-16,25H,4,17-19H2,1-3H3/b31-26+. The molecule has 1 atom stereocenters. The monoisotopic (exact) mass is 502 g/mol. The number of hydrogen-bond acceptors (Lipinski definition) is 8. The van der Waals surface area contributed by atoms with Gasteiger partial charge in [0.25, 0.3) is 0 Å². The molecule has 3 heterocycles. The Kier molecular flexibility index (Phi) is 8.83. The first-order chi connectivity index (χ1) is 18.1. The zero-order valence-corrected chi connectivity index (χ0v) is 21.2. The molecule has 0 bridgehead atoms. The van der Waals surface area contributed by atoms with Crippen molar-refractivity contribution in [1.82, 2.24) is 14.5 Å². The van der Waals surface area contributed by atoms with Crippen molar-refractivity contribution >= 4 is 22.7 Å². The van der Waals surface area contributed by atoms with E-state index in [-0.39, 0.29) is 5.97 Å². The van der Waals surface area contributed by atoms with Gasteiger partial charge >= 0.3 is 5.97 Å². The number of ether oxygens (including phenoxy) is 3. The van der Waals surface area contributed by atoms with Gasteiger partial charge in [0.1, 0.15) is 30.8 Å². The highest BCUT2D eigenvalue weighted by Gasteiger charge is 2.19. The number of nitrogens with zero attached hydrogens (tertiary/aromatic N) is 4. The topological polar surface area (TPSA) is 97.1 Å². The van der Waals surface area contributed by atoms with Crippen LogP contribution in [0, 0.1) is 0 Å². The normalized spacial score (nSPS) is 12.4. The van der Waals surface area contributed by atoms with Crippen molar-refractivity contribution in [2.24, 2.45) is 5.16 Å². The van der Waals surface area contributed by atoms with Crippen LogP contribution in [-0.4, -0.2) is 59.8 Å². The highest BCUT2D eigenvalue weighted by Crippen LogP contribution is 2.18. The van der Waals surface area contributed by atoms with Crippen LogP contribution in [0.1, 0.15) is 23.7 Å². The molecule has 1 aromatic carbocycles. The highest BCUT2D eigenvalue weighted by atomic mass is 16.6. The molecule has 4 aromatic rings. The molecule has 0 amide bonds. The Morgan fingerprint density at radius 1 is 1.03 bits per heavy atom. The van der Waals surface area contributed by atoms with Crippen molar-refractivity contribution < 1.29 is 23.8 Å². The first kappa shape index (κ1) is 25.8. The van der Waals surface area contributed by atoms with Crippen molar-refractivity contribution in [3.05, 3.63) is 90.0 Å². The van der Waals surface area contributed by atoms with Crippen molar-refractivity contribution in [2.75, 3.05) is 27.4 Å². The lowest BCUT2D eigenvalue weighted by Crippen LogP contribution is -2.28. The summed E-state index contributed by atoms with van der Waals surface area (Å²) >= 11 is 0. The summed E-state index contributed by atoms with van der Waals surface area (Å²) in [5.41, 5.74) is 4.00. The minimum absolute atomic E-state index is 0.376. The number of methoxy groups -OCH3 is 1. The molecule has 0 aliphatic carbocycles. The Morgan fingerprint density at radius 3 is 2.51 bits per heavy atom. The molecule has 0 N–H and O–H groups in total. The second-order valence-electron chi connectivity index (χ2n) is 8.14. The van der Waals surface area contributed by atoms with E-state index >= 15 is 0 Å². The molecule has 1 unspecified atom stereocenters. The Bertz CT molecular complexity index is 1340. The molecule has 4 rings (SSSR count). The van der Waals surface area contributed by atoms with Crippen LogP contribution in [-0.2, 0) is 32.1 Å². The van der Waals surface area contributed by atoms with Gasteiger partial charge in [0, 0.05) is 42.6 Å². The summed E-state index contributed by atoms with van der Waals surface area (Å²) in [6, 6.07) is 17.4. The molecule has 9 heteroatoms. The lowest BCUT2D eigenvalue weighted by Gasteiger charge is -2.15. The Labute approximate surface area is 215 Å². The smallest absolute Gasteiger partial charge is 0.335 e. The van der Waals surface area contributed by atoms with E-state index in [4.69, 9.17) is 24.0 Å². The Balaban J connectivity index is 1.41. The molecule has 0 aliphatic heterocycles. The van der Waals surface area contributed by atoms with Crippen LogP contribution in [0.25, 0.3) is 11.0 Å². The van der Waals surface area contributed by atoms with Crippen molar-refractivity contribution in [3.8, 4) is 5.75 Å². The van der Waals surface area contributed by atoms with Crippen LogP contribution >= 0.6 is 0 Å². The lowest BCUT2D eigenvalue weighted by molar-refractivity contribution is -0.153. The van der Waals surface area contributed by atoms with Crippen LogP contribution in [0.3, 0.4) is 0 Å². The third-order valence-corrected chi connectivity index (χ3v) is 5.77. The van der Waals surface area contributed by atoms with Crippen molar-refractivity contribution in [2.45, 2.75) is 26.0 Å². The number of carbonyl (C=O) groups excluding carboxylic acids is 1. The largest absolute Gasteiger partial charge is 0.492 e. The van der Waals surface area contributed by atoms with E-state index in [1.165, 1.54) is 14.2 Å². The molecule has 0 spiro atoms. The molecule has 192 valence electrons. The fourth-order valence-electron chi connectivity index (χ4n) is 3.96. The molecule has 0 saturated heterocycles. The zero-order chi connectivity index (χ0) is 26.0. The van der Waals surface area contributed by atoms with E-state index in [9.17, 15) is 4.79 Å². The van der Waals surface area contributed by atoms with E-state index < -0.39 is 6.10 Å². The summed E-state index contributed by atoms with van der Waals surface area (Å²) in [6.07, 6.45) is 5.24. The number of carbonyl (C=O) groups is 1. The quantitative estimate of drug-likeness (QED) is 0.164. The molecule has 0 fully saturated rings. The van der Waals surface area contributed by atoms with E-state index in [0.717, 1.165) is 27.9 Å². The molecule has 9 nitrogen and oxygen atoms in total. The summed E-state index contributed by atoms with van der Waals surface area (Å²) in [5.74, 6) is 0.367. The third-order valence-electron chi connectivity index (χ3n) is 5.77. The predicted octanol–water partition coefficient (Wildman–Crippen LogP) is 4.03. The number of pyridine rings is 2. The van der Waals surface area contributed by atoms with Crippen LogP contribution in [0.2, 0.25) is 0 Å². The van der Waals surface area contributed by atoms with Crippen molar-refractivity contribution in [3.63, 3.8) is 0 Å². The van der Waals surface area contributed by atoms with Crippen LogP contribution in [0.15, 0.2) is 78.3 Å². The number of aromatic nitrogens is 3. The second-order valence-corrected chi connectivity index (χ2v) is 8.14. The molecule has 0 radical (unpaired) electrons. The Morgan fingerprint density at radius 2 is 1.81 bits per heavy atom. The first-order valence-corrected chi connectivity index (χ1v) is 12.0. The van der Waals surface area contributed by atoms with Gasteiger partial charge in [0.05, 0.1) is 19.3 Å². The molecule has 0 aliphatic rings. The minimum atomic E-state index is -0.616. The van der Waals surface area contributed by atoms with Gasteiger partial charge in [-0.25, -0.2) is 9.78 Å². The second kappa shape index (κ2) is 12.6. The predicted molar refractivity (Wildman–Crippen MR) is 140 cm³/mol. The number of rotatable bonds is 12. The average Bonchev–Trinajstić information content (AvgIpc) is 3.34. The maximum absolute atomic E-state index is 11.9. The third kappa shape index (κ3) is 6.50. The van der Waals surface area contributed by atoms with E-state index in [1.54, 1.807) is 12.4 Å². The van der Waals surface area contributed by atoms with Gasteiger partial charge in [-0.15, -0.1) is 0 Å². The van der Waals surface area contributed by atoms with Gasteiger partial charge < -0.3 is 23.6 Å². The van der Waals surface area contributed by atoms with Crippen molar-refractivity contribution in [1.29, 1.82) is 0 Å². The van der Waals surface area contributed by atoms with Gasteiger partial charge in [0.2, 0.25) is 0 Å². The molecule has 3 aromatic heterocycles. The van der Waals surface area contributed by atoms with Gasteiger partial charge in [-0.05, 0) is 55.0 Å². The average molecular weight is 503 g/mol. The number of hydrogen-bond donors (Lipinski definition) is 0. The van der Waals surface area contributed by atoms with Gasteiger partial charge in [-0.3, -0.25) is 4.98 Å². The molecular formula is C28H30N4O5. The zero-order valence-electron chi connectivity index (χ0n) is 21.2. The van der Waals surface area contributed by atoms with Gasteiger partial charge in [-0.1, -0.05) is 17.3 Å². The van der Waals surface area contributed by atoms with E-state index in [1.807, 2.05) is 72.3 Å². The summed E-state index contributed by atoms with van der Waals surface area (Å²) in [4.78, 5) is 25.9. The number of oxime groups is 1. The fourth-order valence-corrected chi connectivity index (χ4v) is 3.96. The minimum Gasteiger partial charge on any atom is -0.492 e. The summed E-state index contributed by atoms with van der Waals surface area (Å²) in [5, 5.41) is 5.22. The Hall–Kier alpha value is -4.24. The summed E-state index contributed by atoms with van der Waals surface area (Å²) < 4.78 is 18.3. The fraction of sp³-hybridized carbons (Fsp3) is 0.286. The molecule has 0 saturated carbocycles. The van der Waals surface area contributed by atoms with E-state index in [0.29, 0.717) is 37.6 Å². The van der Waals surface area contributed by atoms with Gasteiger partial charge in [-0.2, -0.15) is 0 Å².